The second-order valence-electron chi connectivity index (χ2n) is 5.44. The minimum absolute atomic E-state index is 0.0553. The van der Waals surface area contributed by atoms with Crippen molar-refractivity contribution < 1.29 is 13.2 Å². The zero-order valence-electron chi connectivity index (χ0n) is 11.6. The van der Waals surface area contributed by atoms with Gasteiger partial charge in [-0.15, -0.1) is 0 Å². The number of hydrogen-bond acceptors (Lipinski definition) is 3. The van der Waals surface area contributed by atoms with Crippen molar-refractivity contribution in [2.24, 2.45) is 0 Å². The van der Waals surface area contributed by atoms with Crippen LogP contribution in [0.1, 0.15) is 43.2 Å². The smallest absolute Gasteiger partial charge is 0.268 e. The molecule has 1 amide bonds. The molecule has 0 aromatic carbocycles. The normalized spacial score (nSPS) is 19.2. The van der Waals surface area contributed by atoms with Crippen molar-refractivity contribution in [1.82, 2.24) is 9.88 Å². The van der Waals surface area contributed by atoms with Crippen LogP contribution in [0, 0.1) is 0 Å². The minimum Gasteiger partial charge on any atom is -0.348 e. The van der Waals surface area contributed by atoms with Crippen molar-refractivity contribution >= 4 is 31.7 Å². The molecule has 2 rings (SSSR count). The van der Waals surface area contributed by atoms with E-state index in [9.17, 15) is 13.2 Å². The van der Waals surface area contributed by atoms with Crippen LogP contribution in [-0.2, 0) is 9.84 Å². The van der Waals surface area contributed by atoms with Crippen molar-refractivity contribution in [3.05, 3.63) is 22.4 Å². The van der Waals surface area contributed by atoms with E-state index in [0.717, 1.165) is 4.47 Å². The van der Waals surface area contributed by atoms with Crippen molar-refractivity contribution in [1.29, 1.82) is 0 Å². The predicted molar refractivity (Wildman–Crippen MR) is 81.7 cm³/mol. The van der Waals surface area contributed by atoms with Gasteiger partial charge in [0.2, 0.25) is 0 Å². The molecule has 0 aliphatic carbocycles. The molecule has 1 N–H and O–H groups in total. The zero-order chi connectivity index (χ0) is 14.9. The first-order chi connectivity index (χ1) is 9.28. The molecule has 1 aromatic heterocycles. The maximum Gasteiger partial charge on any atom is 0.268 e. The lowest BCUT2D eigenvalue weighted by molar-refractivity contribution is 0.0923. The van der Waals surface area contributed by atoms with Gasteiger partial charge in [0.05, 0.1) is 11.5 Å². The van der Waals surface area contributed by atoms with Gasteiger partial charge in [0.25, 0.3) is 5.91 Å². The van der Waals surface area contributed by atoms with E-state index in [0.29, 0.717) is 18.5 Å². The van der Waals surface area contributed by atoms with E-state index in [2.05, 4.69) is 21.2 Å². The largest absolute Gasteiger partial charge is 0.348 e. The fraction of sp³-hybridized carbons (Fsp3) is 0.615. The molecule has 5 nitrogen and oxygen atoms in total. The number of nitrogens with zero attached hydrogens (tertiary/aromatic N) is 1. The highest BCUT2D eigenvalue weighted by atomic mass is 79.9. The molecule has 20 heavy (non-hydrogen) atoms. The summed E-state index contributed by atoms with van der Waals surface area (Å²) in [6, 6.07) is 1.92. The average molecular weight is 363 g/mol. The van der Waals surface area contributed by atoms with Crippen LogP contribution >= 0.6 is 15.9 Å². The second kappa shape index (κ2) is 5.89. The summed E-state index contributed by atoms with van der Waals surface area (Å²) in [5, 5.41) is 2.94. The summed E-state index contributed by atoms with van der Waals surface area (Å²) >= 11 is 3.38. The maximum absolute atomic E-state index is 12.3. The summed E-state index contributed by atoms with van der Waals surface area (Å²) in [4.78, 5) is 12.3. The summed E-state index contributed by atoms with van der Waals surface area (Å²) < 4.78 is 25.5. The zero-order valence-corrected chi connectivity index (χ0v) is 14.0. The molecule has 0 atom stereocenters. The van der Waals surface area contributed by atoms with Crippen molar-refractivity contribution in [2.45, 2.75) is 38.8 Å². The number of halogens is 1. The second-order valence-corrected chi connectivity index (χ2v) is 8.66. The summed E-state index contributed by atoms with van der Waals surface area (Å²) in [6.45, 7) is 4.02. The third-order valence-corrected chi connectivity index (χ3v) is 5.64. The van der Waals surface area contributed by atoms with Crippen LogP contribution < -0.4 is 5.32 Å². The monoisotopic (exact) mass is 362 g/mol. The van der Waals surface area contributed by atoms with E-state index in [1.165, 1.54) is 0 Å². The number of carbonyl (C=O) groups excluding carboxylic acids is 1. The van der Waals surface area contributed by atoms with Gasteiger partial charge in [-0.3, -0.25) is 4.79 Å². The van der Waals surface area contributed by atoms with Crippen LogP contribution in [0.5, 0.6) is 0 Å². The molecule has 1 aliphatic rings. The molecule has 0 radical (unpaired) electrons. The third kappa shape index (κ3) is 3.63. The highest BCUT2D eigenvalue weighted by Crippen LogP contribution is 2.20. The number of carbonyl (C=O) groups is 1. The van der Waals surface area contributed by atoms with Gasteiger partial charge < -0.3 is 9.88 Å². The first kappa shape index (κ1) is 15.6. The molecule has 0 spiro atoms. The Morgan fingerprint density at radius 2 is 2.00 bits per heavy atom. The van der Waals surface area contributed by atoms with Gasteiger partial charge in [0, 0.05) is 22.8 Å². The number of rotatable bonds is 3. The van der Waals surface area contributed by atoms with E-state index in [1.54, 1.807) is 6.07 Å². The Bertz CT molecular complexity index is 593. The Morgan fingerprint density at radius 1 is 1.40 bits per heavy atom. The van der Waals surface area contributed by atoms with Crippen LogP contribution in [0.2, 0.25) is 0 Å². The van der Waals surface area contributed by atoms with Crippen LogP contribution in [0.4, 0.5) is 0 Å². The Balaban J connectivity index is 2.06. The molecule has 2 heterocycles. The molecule has 7 heteroatoms. The third-order valence-electron chi connectivity index (χ3n) is 3.49. The lowest BCUT2D eigenvalue weighted by atomic mass is 10.1. The average Bonchev–Trinajstić information content (AvgIpc) is 2.74. The van der Waals surface area contributed by atoms with Gasteiger partial charge in [0.1, 0.15) is 15.5 Å². The lowest BCUT2D eigenvalue weighted by Gasteiger charge is -2.23. The van der Waals surface area contributed by atoms with Crippen molar-refractivity contribution in [3.63, 3.8) is 0 Å². The van der Waals surface area contributed by atoms with E-state index in [1.807, 2.05) is 24.6 Å². The SMILES string of the molecule is CC(C)n1cc(Br)cc1C(=O)NC1CCS(=O)(=O)CC1. The maximum atomic E-state index is 12.3. The molecule has 1 aromatic rings. The Morgan fingerprint density at radius 3 is 2.55 bits per heavy atom. The fourth-order valence-electron chi connectivity index (χ4n) is 2.35. The van der Waals surface area contributed by atoms with Crippen LogP contribution in [-0.4, -0.2) is 36.4 Å². The summed E-state index contributed by atoms with van der Waals surface area (Å²) in [6.07, 6.45) is 2.88. The topological polar surface area (TPSA) is 68.2 Å². The van der Waals surface area contributed by atoms with Gasteiger partial charge in [-0.05, 0) is 48.7 Å². The van der Waals surface area contributed by atoms with Gasteiger partial charge in [-0.1, -0.05) is 0 Å². The van der Waals surface area contributed by atoms with Gasteiger partial charge in [0.15, 0.2) is 0 Å². The number of sulfone groups is 1. The van der Waals surface area contributed by atoms with Gasteiger partial charge >= 0.3 is 0 Å². The summed E-state index contributed by atoms with van der Waals surface area (Å²) in [5.74, 6) is 0.174. The summed E-state index contributed by atoms with van der Waals surface area (Å²) in [7, 11) is -2.90. The molecular formula is C13H19BrN2O3S. The Labute approximate surface area is 127 Å². The van der Waals surface area contributed by atoms with Gasteiger partial charge in [-0.2, -0.15) is 0 Å². The first-order valence-corrected chi connectivity index (χ1v) is 9.28. The number of nitrogens with one attached hydrogen (secondary N) is 1. The Hall–Kier alpha value is -0.820. The number of amides is 1. The molecule has 0 unspecified atom stereocenters. The molecule has 0 bridgehead atoms. The number of hydrogen-bond donors (Lipinski definition) is 1. The first-order valence-electron chi connectivity index (χ1n) is 6.67. The highest BCUT2D eigenvalue weighted by molar-refractivity contribution is 9.10. The lowest BCUT2D eigenvalue weighted by Crippen LogP contribution is -2.41. The van der Waals surface area contributed by atoms with Crippen molar-refractivity contribution in [3.8, 4) is 0 Å². The van der Waals surface area contributed by atoms with E-state index >= 15 is 0 Å². The molecule has 1 aliphatic heterocycles. The van der Waals surface area contributed by atoms with E-state index in [-0.39, 0.29) is 29.5 Å². The molecular weight excluding hydrogens is 344 g/mol. The van der Waals surface area contributed by atoms with Crippen molar-refractivity contribution in [2.75, 3.05) is 11.5 Å². The minimum atomic E-state index is -2.90. The van der Waals surface area contributed by atoms with E-state index in [4.69, 9.17) is 0 Å². The molecule has 1 fully saturated rings. The Kier molecular flexibility index (Phi) is 4.59. The highest BCUT2D eigenvalue weighted by Gasteiger charge is 2.26. The quantitative estimate of drug-likeness (QED) is 0.895. The summed E-state index contributed by atoms with van der Waals surface area (Å²) in [5.41, 5.74) is 0.598. The molecule has 1 saturated heterocycles. The standard InChI is InChI=1S/C13H19BrN2O3S/c1-9(2)16-8-10(14)7-12(16)13(17)15-11-3-5-20(18,19)6-4-11/h7-9,11H,3-6H2,1-2H3,(H,15,17). The predicted octanol–water partition coefficient (Wildman–Crippen LogP) is 2.14. The fourth-order valence-corrected chi connectivity index (χ4v) is 4.28. The number of aromatic nitrogens is 1. The van der Waals surface area contributed by atoms with Crippen LogP contribution in [0.15, 0.2) is 16.7 Å². The molecule has 0 saturated carbocycles. The van der Waals surface area contributed by atoms with Crippen LogP contribution in [0.3, 0.4) is 0 Å². The van der Waals surface area contributed by atoms with E-state index < -0.39 is 9.84 Å². The van der Waals surface area contributed by atoms with Crippen LogP contribution in [0.25, 0.3) is 0 Å². The molecule has 112 valence electrons. The van der Waals surface area contributed by atoms with Gasteiger partial charge in [-0.25, -0.2) is 8.42 Å².